The van der Waals surface area contributed by atoms with Crippen LogP contribution in [0.4, 0.5) is 17.1 Å². The predicted octanol–water partition coefficient (Wildman–Crippen LogP) is 2.74. The van der Waals surface area contributed by atoms with Crippen LogP contribution in [0, 0.1) is 0 Å². The Bertz CT molecular complexity index is 1630. The van der Waals surface area contributed by atoms with Gasteiger partial charge in [-0.05, 0) is 47.9 Å². The number of nitrogens with one attached hydrogen (secondary N) is 1. The zero-order valence-electron chi connectivity index (χ0n) is 16.4. The van der Waals surface area contributed by atoms with Crippen LogP contribution in [0.2, 0.25) is 0 Å². The average molecular weight is 518 g/mol. The molecule has 0 atom stereocenters. The number of aromatic hydroxyl groups is 1. The van der Waals surface area contributed by atoms with Gasteiger partial charge in [-0.2, -0.15) is 25.3 Å². The summed E-state index contributed by atoms with van der Waals surface area (Å²) in [4.78, 5) is -2.61. The van der Waals surface area contributed by atoms with Crippen molar-refractivity contribution in [2.45, 2.75) is 14.7 Å². The number of anilines is 1. The Hall–Kier alpha value is -3.15. The van der Waals surface area contributed by atoms with Crippen LogP contribution in [-0.2, 0) is 30.4 Å². The maximum atomic E-state index is 11.9. The molecular weight excluding hydrogens is 502 g/mol. The number of hydrogen-bond acceptors (Lipinski definition) is 10. The first-order valence-corrected chi connectivity index (χ1v) is 12.9. The Morgan fingerprint density at radius 2 is 1.39 bits per heavy atom. The Kier molecular flexibility index (Phi) is 6.18. The minimum absolute atomic E-state index is 0.0945. The highest BCUT2D eigenvalue weighted by molar-refractivity contribution is 7.86. The van der Waals surface area contributed by atoms with Crippen molar-refractivity contribution >= 4 is 58.2 Å². The monoisotopic (exact) mass is 517 g/mol. The molecule has 0 aromatic heterocycles. The van der Waals surface area contributed by atoms with Crippen LogP contribution in [-0.4, -0.2) is 51.1 Å². The van der Waals surface area contributed by atoms with Crippen molar-refractivity contribution in [3.63, 3.8) is 0 Å². The summed E-state index contributed by atoms with van der Waals surface area (Å²) in [5.74, 6) is -0.745. The second-order valence-electron chi connectivity index (χ2n) is 6.51. The molecule has 0 spiro atoms. The molecule has 0 saturated carbocycles. The first kappa shape index (κ1) is 24.5. The van der Waals surface area contributed by atoms with Gasteiger partial charge in [0.1, 0.15) is 21.2 Å². The lowest BCUT2D eigenvalue weighted by Crippen LogP contribution is -2.02. The fourth-order valence-corrected chi connectivity index (χ4v) is 4.62. The SMILES string of the molecule is CNc1ccc2c(O)c(/N=N/c3cc(S(=O)(=O)O)ccc3S(=O)(=O)O)c(S(=O)(=O)O)cc2c1. The van der Waals surface area contributed by atoms with E-state index in [4.69, 9.17) is 0 Å². The molecule has 3 aromatic rings. The zero-order valence-corrected chi connectivity index (χ0v) is 18.8. The number of rotatable bonds is 6. The molecule has 5 N–H and O–H groups in total. The highest BCUT2D eigenvalue weighted by Gasteiger charge is 2.24. The normalized spacial score (nSPS) is 13.0. The van der Waals surface area contributed by atoms with E-state index >= 15 is 0 Å². The van der Waals surface area contributed by atoms with Gasteiger partial charge in [0, 0.05) is 18.1 Å². The predicted molar refractivity (Wildman–Crippen MR) is 115 cm³/mol. The minimum Gasteiger partial charge on any atom is -0.505 e. The summed E-state index contributed by atoms with van der Waals surface area (Å²) in [6, 6.07) is 7.25. The van der Waals surface area contributed by atoms with Crippen LogP contribution < -0.4 is 5.32 Å². The van der Waals surface area contributed by atoms with Crippen molar-refractivity contribution in [1.29, 1.82) is 0 Å². The largest absolute Gasteiger partial charge is 0.505 e. The molecule has 0 bridgehead atoms. The van der Waals surface area contributed by atoms with Crippen molar-refractivity contribution in [2.24, 2.45) is 10.2 Å². The molecule has 0 aliphatic rings. The van der Waals surface area contributed by atoms with Gasteiger partial charge in [-0.15, -0.1) is 10.2 Å². The molecule has 33 heavy (non-hydrogen) atoms. The first-order chi connectivity index (χ1) is 15.1. The maximum absolute atomic E-state index is 11.9. The molecule has 16 heteroatoms. The molecule has 0 aliphatic carbocycles. The molecule has 0 aliphatic heterocycles. The third-order valence-electron chi connectivity index (χ3n) is 4.38. The van der Waals surface area contributed by atoms with E-state index in [1.54, 1.807) is 13.1 Å². The Labute approximate surface area is 187 Å². The molecule has 0 fully saturated rings. The lowest BCUT2D eigenvalue weighted by atomic mass is 10.1. The van der Waals surface area contributed by atoms with Crippen molar-refractivity contribution in [3.8, 4) is 5.75 Å². The number of azo groups is 1. The highest BCUT2D eigenvalue weighted by atomic mass is 32.2. The third-order valence-corrected chi connectivity index (χ3v) is 7.00. The highest BCUT2D eigenvalue weighted by Crippen LogP contribution is 2.42. The maximum Gasteiger partial charge on any atom is 0.296 e. The minimum atomic E-state index is -4.98. The van der Waals surface area contributed by atoms with Gasteiger partial charge in [0.25, 0.3) is 30.4 Å². The Morgan fingerprint density at radius 3 is 1.94 bits per heavy atom. The van der Waals surface area contributed by atoms with Gasteiger partial charge >= 0.3 is 0 Å². The molecule has 3 rings (SSSR count). The molecule has 0 radical (unpaired) electrons. The lowest BCUT2D eigenvalue weighted by molar-refractivity contribution is 0.472. The van der Waals surface area contributed by atoms with Crippen LogP contribution >= 0.6 is 0 Å². The van der Waals surface area contributed by atoms with Crippen LogP contribution in [0.5, 0.6) is 5.75 Å². The standard InChI is InChI=1S/C17H15N3O10S3/c1-18-10-2-4-12-9(6-10)7-15(33(28,29)30)16(17(12)21)20-19-13-8-11(31(22,23)24)3-5-14(13)32(25,26)27/h2-8,18,21H,1H3,(H,22,23,24)(H,25,26,27)(H,28,29,30)/b20-19+. The number of fused-ring (bicyclic) bond motifs is 1. The van der Waals surface area contributed by atoms with Gasteiger partial charge < -0.3 is 10.4 Å². The zero-order chi connectivity index (χ0) is 24.8. The van der Waals surface area contributed by atoms with E-state index in [0.29, 0.717) is 23.9 Å². The van der Waals surface area contributed by atoms with E-state index < -0.39 is 62.2 Å². The summed E-state index contributed by atoms with van der Waals surface area (Å²) < 4.78 is 97.9. The van der Waals surface area contributed by atoms with Crippen molar-refractivity contribution < 1.29 is 44.0 Å². The number of phenols is 1. The van der Waals surface area contributed by atoms with Gasteiger partial charge in [-0.1, -0.05) is 0 Å². The van der Waals surface area contributed by atoms with Crippen LogP contribution in [0.25, 0.3) is 10.8 Å². The number of phenolic OH excluding ortho intramolecular Hbond substituents is 1. The van der Waals surface area contributed by atoms with Gasteiger partial charge in [-0.25, -0.2) is 0 Å². The van der Waals surface area contributed by atoms with Crippen molar-refractivity contribution in [2.75, 3.05) is 12.4 Å². The van der Waals surface area contributed by atoms with Gasteiger partial charge in [0.2, 0.25) is 0 Å². The summed E-state index contributed by atoms with van der Waals surface area (Å²) in [5.41, 5.74) is -1.04. The van der Waals surface area contributed by atoms with Crippen molar-refractivity contribution in [1.82, 2.24) is 0 Å². The fraction of sp³-hybridized carbons (Fsp3) is 0.0588. The molecular formula is C17H15N3O10S3. The molecule has 13 nitrogen and oxygen atoms in total. The van der Waals surface area contributed by atoms with E-state index in [-0.39, 0.29) is 10.8 Å². The smallest absolute Gasteiger partial charge is 0.296 e. The average Bonchev–Trinajstić information content (AvgIpc) is 2.70. The van der Waals surface area contributed by atoms with Crippen LogP contribution in [0.1, 0.15) is 0 Å². The van der Waals surface area contributed by atoms with Crippen LogP contribution in [0.3, 0.4) is 0 Å². The van der Waals surface area contributed by atoms with E-state index in [1.807, 2.05) is 0 Å². The second kappa shape index (κ2) is 8.32. The summed E-state index contributed by atoms with van der Waals surface area (Å²) in [6.07, 6.45) is 0. The quantitative estimate of drug-likeness (QED) is 0.236. The Balaban J connectivity index is 2.33. The summed E-state index contributed by atoms with van der Waals surface area (Å²) in [6.45, 7) is 0. The topological polar surface area (TPSA) is 220 Å². The molecule has 0 heterocycles. The lowest BCUT2D eigenvalue weighted by Gasteiger charge is -2.10. The first-order valence-electron chi connectivity index (χ1n) is 8.58. The summed E-state index contributed by atoms with van der Waals surface area (Å²) in [7, 11) is -13.2. The van der Waals surface area contributed by atoms with E-state index in [9.17, 15) is 44.0 Å². The number of nitrogens with zero attached hydrogens (tertiary/aromatic N) is 2. The van der Waals surface area contributed by atoms with Crippen molar-refractivity contribution in [3.05, 3.63) is 42.5 Å². The second-order valence-corrected chi connectivity index (χ2v) is 10.7. The third kappa shape index (κ3) is 5.10. The van der Waals surface area contributed by atoms with Crippen LogP contribution in [0.15, 0.2) is 67.4 Å². The Morgan fingerprint density at radius 1 is 0.758 bits per heavy atom. The summed E-state index contributed by atoms with van der Waals surface area (Å²) in [5, 5.41) is 20.6. The number of hydrogen-bond donors (Lipinski definition) is 5. The summed E-state index contributed by atoms with van der Waals surface area (Å²) >= 11 is 0. The molecule has 0 unspecified atom stereocenters. The molecule has 0 amide bonds. The van der Waals surface area contributed by atoms with E-state index in [2.05, 4.69) is 15.5 Å². The molecule has 176 valence electrons. The van der Waals surface area contributed by atoms with Gasteiger partial charge in [-0.3, -0.25) is 13.7 Å². The molecule has 0 saturated heterocycles. The van der Waals surface area contributed by atoms with E-state index in [0.717, 1.165) is 6.07 Å². The van der Waals surface area contributed by atoms with Gasteiger partial charge in [0.15, 0.2) is 5.75 Å². The molecule has 3 aromatic carbocycles. The number of benzene rings is 3. The van der Waals surface area contributed by atoms with E-state index in [1.165, 1.54) is 12.1 Å². The fourth-order valence-electron chi connectivity index (χ4n) is 2.86. The van der Waals surface area contributed by atoms with Gasteiger partial charge in [0.05, 0.1) is 4.90 Å².